The van der Waals surface area contributed by atoms with Gasteiger partial charge in [-0.25, -0.2) is 0 Å². The molecule has 0 aliphatic rings. The summed E-state index contributed by atoms with van der Waals surface area (Å²) in [6.07, 6.45) is 0. The fraction of sp³-hybridized carbons (Fsp3) is 0.130. The number of hydrogen-bond donors (Lipinski definition) is 0. The normalized spacial score (nSPS) is 11.0. The van der Waals surface area contributed by atoms with Crippen LogP contribution in [0.2, 0.25) is 0 Å². The van der Waals surface area contributed by atoms with Gasteiger partial charge in [0.15, 0.2) is 0 Å². The zero-order valence-electron chi connectivity index (χ0n) is 14.5. The standard InChI is InChI=1S/C23H20OS/c1-16-11-13-19(14-12-16)24-15-18-7-3-4-8-20(18)23-17(2)25-22-10-6-5-9-21(22)23/h3-14H,15H2,1-2H3. The van der Waals surface area contributed by atoms with E-state index in [4.69, 9.17) is 4.74 Å². The highest BCUT2D eigenvalue weighted by molar-refractivity contribution is 7.19. The summed E-state index contributed by atoms with van der Waals surface area (Å²) in [5.41, 5.74) is 5.07. The Balaban J connectivity index is 1.71. The minimum atomic E-state index is 0.572. The molecule has 0 amide bonds. The minimum Gasteiger partial charge on any atom is -0.489 e. The number of aryl methyl sites for hydroxylation is 2. The number of hydrogen-bond acceptors (Lipinski definition) is 2. The first-order valence-corrected chi connectivity index (χ1v) is 9.30. The summed E-state index contributed by atoms with van der Waals surface area (Å²) in [4.78, 5) is 1.35. The second kappa shape index (κ2) is 6.73. The largest absolute Gasteiger partial charge is 0.489 e. The molecule has 4 aromatic rings. The van der Waals surface area contributed by atoms with E-state index < -0.39 is 0 Å². The first-order valence-electron chi connectivity index (χ1n) is 8.48. The summed E-state index contributed by atoms with van der Waals surface area (Å²) in [6, 6.07) is 25.4. The van der Waals surface area contributed by atoms with Gasteiger partial charge in [-0.1, -0.05) is 60.2 Å². The molecule has 25 heavy (non-hydrogen) atoms. The van der Waals surface area contributed by atoms with E-state index in [-0.39, 0.29) is 0 Å². The molecule has 1 heterocycles. The highest BCUT2D eigenvalue weighted by Crippen LogP contribution is 2.39. The fourth-order valence-electron chi connectivity index (χ4n) is 3.19. The third-order valence-corrected chi connectivity index (χ3v) is 5.56. The summed E-state index contributed by atoms with van der Waals surface area (Å²) in [5.74, 6) is 0.910. The van der Waals surface area contributed by atoms with Gasteiger partial charge in [-0.3, -0.25) is 0 Å². The van der Waals surface area contributed by atoms with Crippen LogP contribution in [0, 0.1) is 13.8 Å². The van der Waals surface area contributed by atoms with Crippen molar-refractivity contribution in [2.75, 3.05) is 0 Å². The molecule has 0 unspecified atom stereocenters. The molecule has 0 bridgehead atoms. The molecule has 0 N–H and O–H groups in total. The van der Waals surface area contributed by atoms with Crippen LogP contribution in [-0.2, 0) is 6.61 Å². The lowest BCUT2D eigenvalue weighted by Gasteiger charge is -2.12. The van der Waals surface area contributed by atoms with Gasteiger partial charge in [-0.15, -0.1) is 11.3 Å². The first kappa shape index (κ1) is 15.9. The number of benzene rings is 3. The maximum atomic E-state index is 6.04. The first-order chi connectivity index (χ1) is 12.2. The summed E-state index contributed by atoms with van der Waals surface area (Å²) in [6.45, 7) is 4.87. The Morgan fingerprint density at radius 3 is 2.36 bits per heavy atom. The number of ether oxygens (including phenoxy) is 1. The van der Waals surface area contributed by atoms with Crippen LogP contribution in [0.1, 0.15) is 16.0 Å². The molecule has 0 saturated heterocycles. The van der Waals surface area contributed by atoms with Crippen LogP contribution < -0.4 is 4.74 Å². The molecule has 3 aromatic carbocycles. The summed E-state index contributed by atoms with van der Waals surface area (Å²) >= 11 is 1.86. The molecule has 2 heteroatoms. The summed E-state index contributed by atoms with van der Waals surface area (Å²) in [7, 11) is 0. The number of thiophene rings is 1. The van der Waals surface area contributed by atoms with Crippen molar-refractivity contribution in [2.24, 2.45) is 0 Å². The SMILES string of the molecule is Cc1ccc(OCc2ccccc2-c2c(C)sc3ccccc23)cc1. The van der Waals surface area contributed by atoms with Gasteiger partial charge in [0.2, 0.25) is 0 Å². The lowest BCUT2D eigenvalue weighted by molar-refractivity contribution is 0.306. The van der Waals surface area contributed by atoms with Crippen LogP contribution in [0.15, 0.2) is 72.8 Å². The Morgan fingerprint density at radius 2 is 1.52 bits per heavy atom. The summed E-state index contributed by atoms with van der Waals surface area (Å²) < 4.78 is 7.38. The van der Waals surface area contributed by atoms with Crippen LogP contribution in [0.5, 0.6) is 5.75 Å². The molecular weight excluding hydrogens is 324 g/mol. The minimum absolute atomic E-state index is 0.572. The quantitative estimate of drug-likeness (QED) is 0.397. The van der Waals surface area contributed by atoms with Crippen LogP contribution in [0.3, 0.4) is 0 Å². The van der Waals surface area contributed by atoms with E-state index in [1.807, 2.05) is 23.5 Å². The van der Waals surface area contributed by atoms with E-state index in [9.17, 15) is 0 Å². The highest BCUT2D eigenvalue weighted by atomic mass is 32.1. The molecule has 124 valence electrons. The lowest BCUT2D eigenvalue weighted by atomic mass is 9.97. The predicted molar refractivity (Wildman–Crippen MR) is 108 cm³/mol. The van der Waals surface area contributed by atoms with E-state index in [0.717, 1.165) is 5.75 Å². The van der Waals surface area contributed by atoms with Crippen LogP contribution in [-0.4, -0.2) is 0 Å². The molecule has 0 spiro atoms. The zero-order valence-corrected chi connectivity index (χ0v) is 15.3. The second-order valence-corrected chi connectivity index (χ2v) is 7.54. The molecule has 0 saturated carbocycles. The predicted octanol–water partition coefficient (Wildman–Crippen LogP) is 6.76. The smallest absolute Gasteiger partial charge is 0.119 e. The molecule has 0 aliphatic heterocycles. The zero-order chi connectivity index (χ0) is 17.2. The Hall–Kier alpha value is -2.58. The van der Waals surface area contributed by atoms with E-state index in [1.54, 1.807) is 0 Å². The van der Waals surface area contributed by atoms with Crippen molar-refractivity contribution in [3.8, 4) is 16.9 Å². The molecule has 4 rings (SSSR count). The van der Waals surface area contributed by atoms with Gasteiger partial charge in [0, 0.05) is 20.5 Å². The van der Waals surface area contributed by atoms with Gasteiger partial charge in [0.05, 0.1) is 0 Å². The highest BCUT2D eigenvalue weighted by Gasteiger charge is 2.14. The molecule has 0 aliphatic carbocycles. The van der Waals surface area contributed by atoms with E-state index >= 15 is 0 Å². The lowest BCUT2D eigenvalue weighted by Crippen LogP contribution is -1.98. The van der Waals surface area contributed by atoms with E-state index in [2.05, 4.69) is 74.5 Å². The topological polar surface area (TPSA) is 9.23 Å². The van der Waals surface area contributed by atoms with Crippen molar-refractivity contribution >= 4 is 21.4 Å². The van der Waals surface area contributed by atoms with Gasteiger partial charge >= 0.3 is 0 Å². The maximum Gasteiger partial charge on any atom is 0.119 e. The van der Waals surface area contributed by atoms with Gasteiger partial charge in [0.1, 0.15) is 12.4 Å². The van der Waals surface area contributed by atoms with Crippen molar-refractivity contribution in [1.29, 1.82) is 0 Å². The maximum absolute atomic E-state index is 6.04. The van der Waals surface area contributed by atoms with Crippen molar-refractivity contribution in [3.63, 3.8) is 0 Å². The molecule has 1 aromatic heterocycles. The molecular formula is C23H20OS. The van der Waals surface area contributed by atoms with Gasteiger partial charge < -0.3 is 4.74 Å². The van der Waals surface area contributed by atoms with Crippen LogP contribution in [0.4, 0.5) is 0 Å². The third-order valence-electron chi connectivity index (χ3n) is 4.47. The molecule has 0 fully saturated rings. The van der Waals surface area contributed by atoms with Gasteiger partial charge in [-0.2, -0.15) is 0 Å². The third kappa shape index (κ3) is 3.18. The van der Waals surface area contributed by atoms with Crippen molar-refractivity contribution < 1.29 is 4.74 Å². The number of fused-ring (bicyclic) bond motifs is 1. The van der Waals surface area contributed by atoms with Crippen molar-refractivity contribution in [3.05, 3.63) is 88.8 Å². The van der Waals surface area contributed by atoms with Crippen LogP contribution in [0.25, 0.3) is 21.2 Å². The summed E-state index contributed by atoms with van der Waals surface area (Å²) in [5, 5.41) is 1.33. The monoisotopic (exact) mass is 344 g/mol. The number of rotatable bonds is 4. The van der Waals surface area contributed by atoms with Crippen molar-refractivity contribution in [1.82, 2.24) is 0 Å². The van der Waals surface area contributed by atoms with E-state index in [1.165, 1.54) is 37.2 Å². The Morgan fingerprint density at radius 1 is 0.800 bits per heavy atom. The van der Waals surface area contributed by atoms with Gasteiger partial charge in [-0.05, 0) is 43.2 Å². The fourth-order valence-corrected chi connectivity index (χ4v) is 4.27. The van der Waals surface area contributed by atoms with E-state index in [0.29, 0.717) is 6.61 Å². The molecule has 1 nitrogen and oxygen atoms in total. The average Bonchev–Trinajstić information content (AvgIpc) is 2.97. The second-order valence-electron chi connectivity index (χ2n) is 6.29. The Kier molecular flexibility index (Phi) is 4.29. The van der Waals surface area contributed by atoms with Crippen molar-refractivity contribution in [2.45, 2.75) is 20.5 Å². The van der Waals surface area contributed by atoms with Crippen LogP contribution >= 0.6 is 11.3 Å². The molecule has 0 atom stereocenters. The average molecular weight is 344 g/mol. The Labute approximate surface area is 152 Å². The Bertz CT molecular complexity index is 1010. The molecule has 0 radical (unpaired) electrons. The van der Waals surface area contributed by atoms with Gasteiger partial charge in [0.25, 0.3) is 0 Å².